The molecule has 1 aliphatic rings. The second-order valence-electron chi connectivity index (χ2n) is 7.52. The molecule has 0 atom stereocenters. The molecule has 0 radical (unpaired) electrons. The van der Waals surface area contributed by atoms with Crippen LogP contribution in [-0.2, 0) is 4.79 Å². The SMILES string of the molecule is Cc1ccc([N+](=O)[O-])cc1-c1ccc(C=C(C#N)C(=O)Nc2nnc(N3CCCCC3)s2)o1. The molecule has 1 amide bonds. The third-order valence-electron chi connectivity index (χ3n) is 5.24. The van der Waals surface area contributed by atoms with Crippen molar-refractivity contribution >= 4 is 39.3 Å². The van der Waals surface area contributed by atoms with Crippen molar-refractivity contribution in [1.82, 2.24) is 10.2 Å². The van der Waals surface area contributed by atoms with Gasteiger partial charge in [0.1, 0.15) is 23.2 Å². The largest absolute Gasteiger partial charge is 0.457 e. The minimum atomic E-state index is -0.622. The molecule has 11 heteroatoms. The monoisotopic (exact) mass is 464 g/mol. The molecule has 1 fully saturated rings. The number of carbonyl (C=O) groups is 1. The quantitative estimate of drug-likeness (QED) is 0.243. The number of nitrogens with zero attached hydrogens (tertiary/aromatic N) is 5. The molecule has 1 N–H and O–H groups in total. The van der Waals surface area contributed by atoms with Crippen LogP contribution in [0.4, 0.5) is 16.0 Å². The number of piperidine rings is 1. The molecule has 1 aromatic carbocycles. The van der Waals surface area contributed by atoms with E-state index in [2.05, 4.69) is 20.4 Å². The van der Waals surface area contributed by atoms with Gasteiger partial charge in [0.2, 0.25) is 10.3 Å². The summed E-state index contributed by atoms with van der Waals surface area (Å²) in [7, 11) is 0. The number of hydrogen-bond acceptors (Lipinski definition) is 9. The van der Waals surface area contributed by atoms with E-state index in [1.54, 1.807) is 18.2 Å². The second kappa shape index (κ2) is 9.62. The number of hydrogen-bond donors (Lipinski definition) is 1. The number of carbonyl (C=O) groups excluding carboxylic acids is 1. The van der Waals surface area contributed by atoms with Crippen molar-refractivity contribution in [1.29, 1.82) is 5.26 Å². The van der Waals surface area contributed by atoms with Crippen molar-refractivity contribution in [2.45, 2.75) is 26.2 Å². The van der Waals surface area contributed by atoms with Crippen molar-refractivity contribution < 1.29 is 14.1 Å². The number of nitro groups is 1. The zero-order valence-electron chi connectivity index (χ0n) is 17.8. The van der Waals surface area contributed by atoms with E-state index in [0.29, 0.717) is 16.5 Å². The second-order valence-corrected chi connectivity index (χ2v) is 8.48. The summed E-state index contributed by atoms with van der Waals surface area (Å²) in [5.41, 5.74) is 1.14. The average Bonchev–Trinajstić information content (AvgIpc) is 3.48. The van der Waals surface area contributed by atoms with E-state index in [-0.39, 0.29) is 17.0 Å². The number of nitro benzene ring substituents is 1. The summed E-state index contributed by atoms with van der Waals surface area (Å²) in [6.07, 6.45) is 4.72. The average molecular weight is 465 g/mol. The molecule has 1 saturated heterocycles. The molecule has 1 aliphatic heterocycles. The number of nitrogens with one attached hydrogen (secondary N) is 1. The van der Waals surface area contributed by atoms with Crippen molar-refractivity contribution in [3.63, 3.8) is 0 Å². The van der Waals surface area contributed by atoms with Crippen LogP contribution in [0.15, 0.2) is 40.3 Å². The minimum Gasteiger partial charge on any atom is -0.457 e. The molecular weight excluding hydrogens is 444 g/mol. The predicted octanol–water partition coefficient (Wildman–Crippen LogP) is 4.55. The molecule has 3 aromatic rings. The number of aromatic nitrogens is 2. The first-order valence-corrected chi connectivity index (χ1v) is 11.1. The van der Waals surface area contributed by atoms with E-state index in [4.69, 9.17) is 4.42 Å². The van der Waals surface area contributed by atoms with Gasteiger partial charge in [-0.15, -0.1) is 10.2 Å². The van der Waals surface area contributed by atoms with Gasteiger partial charge in [0, 0.05) is 36.9 Å². The molecule has 3 heterocycles. The molecule has 0 unspecified atom stereocenters. The van der Waals surface area contributed by atoms with Crippen LogP contribution in [0.5, 0.6) is 0 Å². The van der Waals surface area contributed by atoms with Crippen LogP contribution in [0.3, 0.4) is 0 Å². The third-order valence-corrected chi connectivity index (χ3v) is 6.14. The van der Waals surface area contributed by atoms with E-state index in [9.17, 15) is 20.2 Å². The Bertz CT molecular complexity index is 1270. The molecule has 0 bridgehead atoms. The number of nitriles is 1. The van der Waals surface area contributed by atoms with E-state index in [1.165, 1.54) is 36.0 Å². The van der Waals surface area contributed by atoms with Crippen LogP contribution in [0.25, 0.3) is 17.4 Å². The number of rotatable bonds is 6. The minimum absolute atomic E-state index is 0.0536. The lowest BCUT2D eigenvalue weighted by Gasteiger charge is -2.25. The molecule has 0 spiro atoms. The number of furan rings is 1. The van der Waals surface area contributed by atoms with Gasteiger partial charge in [-0.2, -0.15) is 5.26 Å². The highest BCUT2D eigenvalue weighted by Crippen LogP contribution is 2.30. The lowest BCUT2D eigenvalue weighted by atomic mass is 10.1. The third kappa shape index (κ3) is 5.07. The lowest BCUT2D eigenvalue weighted by Crippen LogP contribution is -2.29. The standard InChI is InChI=1S/C22H20N6O4S/c1-14-5-6-16(28(30)31)12-18(14)19-8-7-17(32-19)11-15(13-23)20(29)24-21-25-26-22(33-21)27-9-3-2-4-10-27/h5-8,11-12H,2-4,9-10H2,1H3,(H,24,25,29). The van der Waals surface area contributed by atoms with Crippen LogP contribution >= 0.6 is 11.3 Å². The molecule has 0 saturated carbocycles. The topological polar surface area (TPSA) is 138 Å². The first kappa shape index (κ1) is 22.2. The lowest BCUT2D eigenvalue weighted by molar-refractivity contribution is -0.384. The van der Waals surface area contributed by atoms with Crippen LogP contribution < -0.4 is 10.2 Å². The fourth-order valence-electron chi connectivity index (χ4n) is 3.50. The fourth-order valence-corrected chi connectivity index (χ4v) is 4.29. The Morgan fingerprint density at radius 2 is 2.06 bits per heavy atom. The summed E-state index contributed by atoms with van der Waals surface area (Å²) >= 11 is 1.27. The van der Waals surface area contributed by atoms with Gasteiger partial charge in [0.25, 0.3) is 11.6 Å². The highest BCUT2D eigenvalue weighted by Gasteiger charge is 2.18. The number of benzene rings is 1. The van der Waals surface area contributed by atoms with Crippen molar-refractivity contribution in [3.05, 3.63) is 57.3 Å². The smallest absolute Gasteiger partial charge is 0.270 e. The number of non-ortho nitro benzene ring substituents is 1. The first-order chi connectivity index (χ1) is 15.9. The maximum atomic E-state index is 12.6. The maximum absolute atomic E-state index is 12.6. The van der Waals surface area contributed by atoms with Crippen LogP contribution in [-0.4, -0.2) is 34.1 Å². The van der Waals surface area contributed by atoms with E-state index in [0.717, 1.165) is 36.6 Å². The van der Waals surface area contributed by atoms with Crippen LogP contribution in [0.2, 0.25) is 0 Å². The normalized spacial score (nSPS) is 14.1. The molecule has 10 nitrogen and oxygen atoms in total. The van der Waals surface area contributed by atoms with Gasteiger partial charge in [-0.25, -0.2) is 0 Å². The zero-order valence-corrected chi connectivity index (χ0v) is 18.6. The van der Waals surface area contributed by atoms with Gasteiger partial charge < -0.3 is 9.32 Å². The van der Waals surface area contributed by atoms with E-state index >= 15 is 0 Å². The van der Waals surface area contributed by atoms with Crippen molar-refractivity contribution in [2.75, 3.05) is 23.3 Å². The highest BCUT2D eigenvalue weighted by atomic mass is 32.1. The van der Waals surface area contributed by atoms with Crippen LogP contribution in [0, 0.1) is 28.4 Å². The number of anilines is 2. The zero-order chi connectivity index (χ0) is 23.4. The Labute approximate surface area is 193 Å². The van der Waals surface area contributed by atoms with Gasteiger partial charge in [0.05, 0.1) is 4.92 Å². The summed E-state index contributed by atoms with van der Waals surface area (Å²) in [4.78, 5) is 25.3. The van der Waals surface area contributed by atoms with E-state index < -0.39 is 10.8 Å². The summed E-state index contributed by atoms with van der Waals surface area (Å²) in [6, 6.07) is 9.59. The molecular formula is C22H20N6O4S. The van der Waals surface area contributed by atoms with Gasteiger partial charge in [-0.05, 0) is 43.9 Å². The number of amides is 1. The number of aryl methyl sites for hydroxylation is 1. The van der Waals surface area contributed by atoms with Crippen LogP contribution in [0.1, 0.15) is 30.6 Å². The molecule has 2 aromatic heterocycles. The Kier molecular flexibility index (Phi) is 6.46. The molecule has 33 heavy (non-hydrogen) atoms. The molecule has 168 valence electrons. The molecule has 0 aliphatic carbocycles. The Morgan fingerprint density at radius 3 is 2.79 bits per heavy atom. The van der Waals surface area contributed by atoms with Gasteiger partial charge in [0.15, 0.2) is 0 Å². The van der Waals surface area contributed by atoms with Gasteiger partial charge in [-0.3, -0.25) is 20.2 Å². The first-order valence-electron chi connectivity index (χ1n) is 10.3. The summed E-state index contributed by atoms with van der Waals surface area (Å²) in [5, 5.41) is 32.4. The van der Waals surface area contributed by atoms with Crippen molar-refractivity contribution in [3.8, 4) is 17.4 Å². The predicted molar refractivity (Wildman–Crippen MR) is 124 cm³/mol. The fraction of sp³-hybridized carbons (Fsp3) is 0.273. The van der Waals surface area contributed by atoms with E-state index in [1.807, 2.05) is 13.0 Å². The summed E-state index contributed by atoms with van der Waals surface area (Å²) in [5.74, 6) is 0.0487. The Hall–Kier alpha value is -4.04. The highest BCUT2D eigenvalue weighted by molar-refractivity contribution is 7.19. The van der Waals surface area contributed by atoms with Crippen molar-refractivity contribution in [2.24, 2.45) is 0 Å². The summed E-state index contributed by atoms with van der Waals surface area (Å²) < 4.78 is 5.74. The maximum Gasteiger partial charge on any atom is 0.270 e. The Morgan fingerprint density at radius 1 is 1.27 bits per heavy atom. The summed E-state index contributed by atoms with van der Waals surface area (Å²) in [6.45, 7) is 3.64. The Balaban J connectivity index is 1.49. The van der Waals surface area contributed by atoms with Gasteiger partial charge in [-0.1, -0.05) is 17.4 Å². The van der Waals surface area contributed by atoms with Gasteiger partial charge >= 0.3 is 0 Å². The molecule has 4 rings (SSSR count).